The van der Waals surface area contributed by atoms with E-state index < -0.39 is 23.8 Å². The minimum Gasteiger partial charge on any atom is -0.481 e. The Bertz CT molecular complexity index is 363. The first-order valence-corrected chi connectivity index (χ1v) is 5.17. The van der Waals surface area contributed by atoms with Gasteiger partial charge < -0.3 is 10.2 Å². The van der Waals surface area contributed by atoms with Gasteiger partial charge in [-0.3, -0.25) is 4.79 Å². The average Bonchev–Trinajstić information content (AvgIpc) is 2.20. The van der Waals surface area contributed by atoms with Crippen molar-refractivity contribution in [1.82, 2.24) is 0 Å². The van der Waals surface area contributed by atoms with Gasteiger partial charge >= 0.3 is 5.97 Å². The predicted molar refractivity (Wildman–Crippen MR) is 57.7 cm³/mol. The normalized spacial score (nSPS) is 14.4. The number of carbonyl (C=O) groups is 1. The van der Waals surface area contributed by atoms with Crippen LogP contribution < -0.4 is 0 Å². The minimum atomic E-state index is -1.06. The molecule has 0 fully saturated rings. The highest BCUT2D eigenvalue weighted by Crippen LogP contribution is 2.24. The van der Waals surface area contributed by atoms with E-state index >= 15 is 0 Å². The third kappa shape index (κ3) is 3.31. The van der Waals surface area contributed by atoms with Gasteiger partial charge in [0.25, 0.3) is 0 Å². The van der Waals surface area contributed by atoms with Gasteiger partial charge in [0.15, 0.2) is 0 Å². The van der Waals surface area contributed by atoms with Crippen molar-refractivity contribution in [3.63, 3.8) is 0 Å². The average molecular weight is 226 g/mol. The molecule has 0 saturated carbocycles. The summed E-state index contributed by atoms with van der Waals surface area (Å²) >= 11 is 0. The second kappa shape index (κ2) is 5.61. The van der Waals surface area contributed by atoms with E-state index in [1.54, 1.807) is 13.0 Å². The highest BCUT2D eigenvalue weighted by atomic mass is 19.1. The lowest BCUT2D eigenvalue weighted by Gasteiger charge is -2.14. The van der Waals surface area contributed by atoms with Gasteiger partial charge in [0, 0.05) is 5.56 Å². The summed E-state index contributed by atoms with van der Waals surface area (Å²) in [6, 6.07) is 5.84. The second-order valence-electron chi connectivity index (χ2n) is 3.84. The summed E-state index contributed by atoms with van der Waals surface area (Å²) < 4.78 is 13.4. The van der Waals surface area contributed by atoms with E-state index in [0.29, 0.717) is 6.42 Å². The maximum Gasteiger partial charge on any atom is 0.311 e. The van der Waals surface area contributed by atoms with Crippen molar-refractivity contribution in [3.05, 3.63) is 35.6 Å². The molecule has 0 heterocycles. The molecule has 4 heteroatoms. The second-order valence-corrected chi connectivity index (χ2v) is 3.84. The van der Waals surface area contributed by atoms with Crippen LogP contribution in [-0.2, 0) is 4.79 Å². The number of rotatable bonds is 5. The molecular formula is C12H15FO3. The number of aliphatic hydroxyl groups excluding tert-OH is 1. The first-order valence-electron chi connectivity index (χ1n) is 5.17. The van der Waals surface area contributed by atoms with Crippen molar-refractivity contribution in [1.29, 1.82) is 0 Å². The number of carboxylic acids is 1. The van der Waals surface area contributed by atoms with Gasteiger partial charge in [0.1, 0.15) is 5.82 Å². The highest BCUT2D eigenvalue weighted by molar-refractivity contribution is 5.76. The van der Waals surface area contributed by atoms with E-state index in [1.807, 2.05) is 0 Å². The van der Waals surface area contributed by atoms with Gasteiger partial charge in [-0.05, 0) is 25.8 Å². The summed E-state index contributed by atoms with van der Waals surface area (Å²) in [7, 11) is 0. The Labute approximate surface area is 93.5 Å². The lowest BCUT2D eigenvalue weighted by atomic mass is 9.93. The van der Waals surface area contributed by atoms with Crippen molar-refractivity contribution in [2.75, 3.05) is 0 Å². The summed E-state index contributed by atoms with van der Waals surface area (Å²) in [5.41, 5.74) is 0.177. The fourth-order valence-electron chi connectivity index (χ4n) is 1.58. The highest BCUT2D eigenvalue weighted by Gasteiger charge is 2.22. The first-order chi connectivity index (χ1) is 7.52. The first kappa shape index (κ1) is 12.6. The van der Waals surface area contributed by atoms with Crippen LogP contribution in [0.1, 0.15) is 31.2 Å². The molecule has 3 nitrogen and oxygen atoms in total. The van der Waals surface area contributed by atoms with Crippen molar-refractivity contribution in [2.24, 2.45) is 0 Å². The molecule has 0 saturated heterocycles. The Balaban J connectivity index is 2.86. The number of benzene rings is 1. The molecule has 0 amide bonds. The number of aliphatic hydroxyl groups is 1. The summed E-state index contributed by atoms with van der Waals surface area (Å²) in [5.74, 6) is -2.47. The standard InChI is InChI=1S/C12H15FO3/c1-8(14)6-7-10(12(15)16)9-4-2-3-5-11(9)13/h2-5,8,10,14H,6-7H2,1H3,(H,15,16). The van der Waals surface area contributed by atoms with Gasteiger partial charge in [-0.1, -0.05) is 18.2 Å². The van der Waals surface area contributed by atoms with Gasteiger partial charge in [-0.2, -0.15) is 0 Å². The summed E-state index contributed by atoms with van der Waals surface area (Å²) in [6.45, 7) is 1.58. The van der Waals surface area contributed by atoms with E-state index in [-0.39, 0.29) is 12.0 Å². The molecule has 2 N–H and O–H groups in total. The fraction of sp³-hybridized carbons (Fsp3) is 0.417. The van der Waals surface area contributed by atoms with E-state index in [0.717, 1.165) is 0 Å². The van der Waals surface area contributed by atoms with E-state index in [1.165, 1.54) is 18.2 Å². The Morgan fingerprint density at radius 3 is 2.50 bits per heavy atom. The molecule has 1 aromatic carbocycles. The zero-order chi connectivity index (χ0) is 12.1. The zero-order valence-electron chi connectivity index (χ0n) is 9.06. The quantitative estimate of drug-likeness (QED) is 0.808. The molecule has 1 rings (SSSR count). The maximum atomic E-state index is 13.4. The lowest BCUT2D eigenvalue weighted by Crippen LogP contribution is -2.15. The topological polar surface area (TPSA) is 57.5 Å². The molecule has 2 unspecified atom stereocenters. The molecule has 1 aromatic rings. The lowest BCUT2D eigenvalue weighted by molar-refractivity contribution is -0.139. The Kier molecular flexibility index (Phi) is 4.43. The number of carboxylic acid groups (broad SMARTS) is 1. The van der Waals surface area contributed by atoms with Gasteiger partial charge in [-0.15, -0.1) is 0 Å². The van der Waals surface area contributed by atoms with E-state index in [9.17, 15) is 9.18 Å². The molecule has 0 bridgehead atoms. The third-order valence-electron chi connectivity index (χ3n) is 2.45. The van der Waals surface area contributed by atoms with Gasteiger partial charge in [-0.25, -0.2) is 4.39 Å². The molecular weight excluding hydrogens is 211 g/mol. The van der Waals surface area contributed by atoms with E-state index in [4.69, 9.17) is 10.2 Å². The van der Waals surface area contributed by atoms with E-state index in [2.05, 4.69) is 0 Å². The maximum absolute atomic E-state index is 13.4. The van der Waals surface area contributed by atoms with Crippen LogP contribution in [0.3, 0.4) is 0 Å². The monoisotopic (exact) mass is 226 g/mol. The van der Waals surface area contributed by atoms with Gasteiger partial charge in [0.05, 0.1) is 12.0 Å². The molecule has 0 aliphatic heterocycles. The third-order valence-corrected chi connectivity index (χ3v) is 2.45. The van der Waals surface area contributed by atoms with Crippen LogP contribution in [0.25, 0.3) is 0 Å². The van der Waals surface area contributed by atoms with Crippen LogP contribution in [0.5, 0.6) is 0 Å². The Morgan fingerprint density at radius 1 is 1.38 bits per heavy atom. The SMILES string of the molecule is CC(O)CCC(C(=O)O)c1ccccc1F. The summed E-state index contributed by atoms with van der Waals surface area (Å²) in [4.78, 5) is 11.0. The van der Waals surface area contributed by atoms with Crippen LogP contribution in [0.4, 0.5) is 4.39 Å². The molecule has 0 aliphatic rings. The van der Waals surface area contributed by atoms with Crippen LogP contribution in [0, 0.1) is 5.82 Å². The molecule has 88 valence electrons. The minimum absolute atomic E-state index is 0.177. The Hall–Kier alpha value is -1.42. The number of halogens is 1. The summed E-state index contributed by atoms with van der Waals surface area (Å²) in [6.07, 6.45) is -0.00666. The molecule has 0 aliphatic carbocycles. The smallest absolute Gasteiger partial charge is 0.311 e. The van der Waals surface area contributed by atoms with Crippen LogP contribution in [-0.4, -0.2) is 22.3 Å². The van der Waals surface area contributed by atoms with Crippen molar-refractivity contribution in [3.8, 4) is 0 Å². The van der Waals surface area contributed by atoms with Gasteiger partial charge in [0.2, 0.25) is 0 Å². The number of hydrogen-bond acceptors (Lipinski definition) is 2. The largest absolute Gasteiger partial charge is 0.481 e. The molecule has 0 spiro atoms. The zero-order valence-corrected chi connectivity index (χ0v) is 9.06. The molecule has 16 heavy (non-hydrogen) atoms. The van der Waals surface area contributed by atoms with Crippen molar-refractivity contribution in [2.45, 2.75) is 31.8 Å². The van der Waals surface area contributed by atoms with Crippen molar-refractivity contribution >= 4 is 5.97 Å². The van der Waals surface area contributed by atoms with Crippen LogP contribution in [0.2, 0.25) is 0 Å². The van der Waals surface area contributed by atoms with Crippen molar-refractivity contribution < 1.29 is 19.4 Å². The van der Waals surface area contributed by atoms with Crippen LogP contribution in [0.15, 0.2) is 24.3 Å². The molecule has 2 atom stereocenters. The summed E-state index contributed by atoms with van der Waals surface area (Å²) in [5, 5.41) is 18.1. The number of hydrogen-bond donors (Lipinski definition) is 2. The molecule has 0 aromatic heterocycles. The predicted octanol–water partition coefficient (Wildman–Crippen LogP) is 2.15. The number of aliphatic carboxylic acids is 1. The fourth-order valence-corrected chi connectivity index (χ4v) is 1.58. The molecule has 0 radical (unpaired) electrons. The van der Waals surface area contributed by atoms with Crippen LogP contribution >= 0.6 is 0 Å². The Morgan fingerprint density at radius 2 is 2.00 bits per heavy atom.